The molecule has 2 nitrogen and oxygen atoms in total. The first-order valence-corrected chi connectivity index (χ1v) is 7.58. The van der Waals surface area contributed by atoms with E-state index in [1.54, 1.807) is 7.11 Å². The summed E-state index contributed by atoms with van der Waals surface area (Å²) in [4.78, 5) is 0. The SMILES string of the molecule is COc1cc(Cl)c(C)cc1NCc1ccc(Br)c(Cl)c1. The Morgan fingerprint density at radius 1 is 1.15 bits per heavy atom. The minimum Gasteiger partial charge on any atom is -0.495 e. The highest BCUT2D eigenvalue weighted by atomic mass is 79.9. The topological polar surface area (TPSA) is 21.3 Å². The zero-order chi connectivity index (χ0) is 14.7. The van der Waals surface area contributed by atoms with Crippen LogP contribution in [0.2, 0.25) is 10.0 Å². The maximum atomic E-state index is 6.09. The molecule has 0 spiro atoms. The second-order valence-electron chi connectivity index (χ2n) is 4.40. The number of ether oxygens (including phenoxy) is 1. The van der Waals surface area contributed by atoms with E-state index >= 15 is 0 Å². The van der Waals surface area contributed by atoms with Gasteiger partial charge < -0.3 is 10.1 Å². The van der Waals surface area contributed by atoms with Crippen molar-refractivity contribution in [3.8, 4) is 5.75 Å². The highest BCUT2D eigenvalue weighted by molar-refractivity contribution is 9.10. The number of aryl methyl sites for hydroxylation is 1. The molecule has 2 aromatic rings. The van der Waals surface area contributed by atoms with Crippen molar-refractivity contribution in [1.82, 2.24) is 0 Å². The lowest BCUT2D eigenvalue weighted by atomic mass is 10.2. The van der Waals surface area contributed by atoms with Gasteiger partial charge in [0, 0.05) is 22.1 Å². The number of hydrogen-bond acceptors (Lipinski definition) is 2. The first-order chi connectivity index (χ1) is 9.51. The molecule has 0 aliphatic rings. The molecule has 20 heavy (non-hydrogen) atoms. The van der Waals surface area contributed by atoms with Crippen LogP contribution in [0, 0.1) is 6.92 Å². The molecule has 5 heteroatoms. The van der Waals surface area contributed by atoms with E-state index < -0.39 is 0 Å². The molecule has 0 radical (unpaired) electrons. The zero-order valence-corrected chi connectivity index (χ0v) is 14.2. The van der Waals surface area contributed by atoms with Crippen molar-refractivity contribution in [3.05, 3.63) is 56.0 Å². The Balaban J connectivity index is 2.18. The van der Waals surface area contributed by atoms with E-state index in [4.69, 9.17) is 27.9 Å². The van der Waals surface area contributed by atoms with Gasteiger partial charge in [0.25, 0.3) is 0 Å². The zero-order valence-electron chi connectivity index (χ0n) is 11.1. The minimum atomic E-state index is 0.657. The van der Waals surface area contributed by atoms with Gasteiger partial charge in [0.15, 0.2) is 0 Å². The van der Waals surface area contributed by atoms with Gasteiger partial charge in [-0.1, -0.05) is 29.3 Å². The average Bonchev–Trinajstić information content (AvgIpc) is 2.43. The van der Waals surface area contributed by atoms with Crippen molar-refractivity contribution < 1.29 is 4.74 Å². The van der Waals surface area contributed by atoms with Crippen molar-refractivity contribution in [2.45, 2.75) is 13.5 Å². The minimum absolute atomic E-state index is 0.657. The summed E-state index contributed by atoms with van der Waals surface area (Å²) >= 11 is 15.6. The largest absolute Gasteiger partial charge is 0.495 e. The van der Waals surface area contributed by atoms with Crippen molar-refractivity contribution in [2.75, 3.05) is 12.4 Å². The Kier molecular flexibility index (Phi) is 5.19. The van der Waals surface area contributed by atoms with Gasteiger partial charge in [-0.2, -0.15) is 0 Å². The standard InChI is InChI=1S/C15H14BrCl2NO/c1-9-5-14(15(20-2)7-12(9)17)19-8-10-3-4-11(16)13(18)6-10/h3-7,19H,8H2,1-2H3. The van der Waals surface area contributed by atoms with Crippen LogP contribution in [0.5, 0.6) is 5.75 Å². The summed E-state index contributed by atoms with van der Waals surface area (Å²) in [6, 6.07) is 9.66. The molecule has 0 heterocycles. The number of nitrogens with one attached hydrogen (secondary N) is 1. The Hall–Kier alpha value is -0.900. The maximum Gasteiger partial charge on any atom is 0.143 e. The molecule has 0 unspecified atom stereocenters. The monoisotopic (exact) mass is 373 g/mol. The van der Waals surface area contributed by atoms with E-state index in [-0.39, 0.29) is 0 Å². The van der Waals surface area contributed by atoms with Crippen LogP contribution in [-0.4, -0.2) is 7.11 Å². The third-order valence-electron chi connectivity index (χ3n) is 2.95. The third-order valence-corrected chi connectivity index (χ3v) is 4.59. The van der Waals surface area contributed by atoms with Crippen LogP contribution >= 0.6 is 39.1 Å². The predicted molar refractivity (Wildman–Crippen MR) is 89.2 cm³/mol. The van der Waals surface area contributed by atoms with Crippen molar-refractivity contribution in [1.29, 1.82) is 0 Å². The Labute approximate surface area is 137 Å². The highest BCUT2D eigenvalue weighted by Crippen LogP contribution is 2.31. The summed E-state index contributed by atoms with van der Waals surface area (Å²) in [6.45, 7) is 2.62. The normalized spacial score (nSPS) is 10.4. The number of benzene rings is 2. The van der Waals surface area contributed by atoms with Crippen LogP contribution in [0.15, 0.2) is 34.8 Å². The second-order valence-corrected chi connectivity index (χ2v) is 6.07. The fraction of sp³-hybridized carbons (Fsp3) is 0.200. The molecule has 0 fully saturated rings. The molecule has 106 valence electrons. The molecule has 2 rings (SSSR count). The van der Waals surface area contributed by atoms with Crippen LogP contribution in [-0.2, 0) is 6.54 Å². The smallest absolute Gasteiger partial charge is 0.143 e. The summed E-state index contributed by atoms with van der Waals surface area (Å²) in [6.07, 6.45) is 0. The van der Waals surface area contributed by atoms with Gasteiger partial charge in [-0.25, -0.2) is 0 Å². The maximum absolute atomic E-state index is 6.09. The highest BCUT2D eigenvalue weighted by Gasteiger charge is 2.07. The summed E-state index contributed by atoms with van der Waals surface area (Å²) in [7, 11) is 1.63. The van der Waals surface area contributed by atoms with E-state index in [0.717, 1.165) is 27.0 Å². The molecule has 0 atom stereocenters. The second kappa shape index (κ2) is 6.70. The molecule has 0 saturated carbocycles. The van der Waals surface area contributed by atoms with Crippen molar-refractivity contribution in [3.63, 3.8) is 0 Å². The van der Waals surface area contributed by atoms with Gasteiger partial charge in [0.2, 0.25) is 0 Å². The first kappa shape index (κ1) is 15.5. The first-order valence-electron chi connectivity index (χ1n) is 6.03. The van der Waals surface area contributed by atoms with Gasteiger partial charge >= 0.3 is 0 Å². The summed E-state index contributed by atoms with van der Waals surface area (Å²) in [5.74, 6) is 0.726. The number of rotatable bonds is 4. The molecular formula is C15H14BrCl2NO. The van der Waals surface area contributed by atoms with Crippen LogP contribution in [0.1, 0.15) is 11.1 Å². The number of hydrogen-bond donors (Lipinski definition) is 1. The molecule has 0 saturated heterocycles. The molecule has 0 aliphatic heterocycles. The van der Waals surface area contributed by atoms with E-state index in [2.05, 4.69) is 21.2 Å². The fourth-order valence-corrected chi connectivity index (χ4v) is 2.42. The van der Waals surface area contributed by atoms with Gasteiger partial charge in [0.1, 0.15) is 5.75 Å². The lowest BCUT2D eigenvalue weighted by Gasteiger charge is -2.13. The Morgan fingerprint density at radius 2 is 1.90 bits per heavy atom. The van der Waals surface area contributed by atoms with E-state index in [9.17, 15) is 0 Å². The lowest BCUT2D eigenvalue weighted by molar-refractivity contribution is 0.416. The summed E-state index contributed by atoms with van der Waals surface area (Å²) in [5, 5.41) is 4.73. The fourth-order valence-electron chi connectivity index (χ4n) is 1.82. The number of halogens is 3. The quantitative estimate of drug-likeness (QED) is 0.742. The average molecular weight is 375 g/mol. The van der Waals surface area contributed by atoms with Crippen LogP contribution in [0.4, 0.5) is 5.69 Å². The summed E-state index contributed by atoms with van der Waals surface area (Å²) < 4.78 is 6.22. The van der Waals surface area contributed by atoms with E-state index in [1.807, 2.05) is 37.3 Å². The van der Waals surface area contributed by atoms with Crippen LogP contribution in [0.25, 0.3) is 0 Å². The third kappa shape index (κ3) is 3.60. The molecule has 0 aromatic heterocycles. The van der Waals surface area contributed by atoms with Crippen LogP contribution < -0.4 is 10.1 Å². The van der Waals surface area contributed by atoms with Gasteiger partial charge in [0.05, 0.1) is 17.8 Å². The summed E-state index contributed by atoms with van der Waals surface area (Å²) in [5.41, 5.74) is 3.00. The van der Waals surface area contributed by atoms with Crippen molar-refractivity contribution >= 4 is 44.8 Å². The number of methoxy groups -OCH3 is 1. The molecular weight excluding hydrogens is 361 g/mol. The van der Waals surface area contributed by atoms with Crippen LogP contribution in [0.3, 0.4) is 0 Å². The molecule has 2 aromatic carbocycles. The molecule has 0 aliphatic carbocycles. The predicted octanol–water partition coefficient (Wildman–Crippen LogP) is 5.69. The van der Waals surface area contributed by atoms with E-state index in [1.165, 1.54) is 0 Å². The Bertz CT molecular complexity index is 632. The van der Waals surface area contributed by atoms with Crippen molar-refractivity contribution in [2.24, 2.45) is 0 Å². The van der Waals surface area contributed by atoms with Gasteiger partial charge in [-0.15, -0.1) is 0 Å². The molecule has 0 amide bonds. The van der Waals surface area contributed by atoms with E-state index in [0.29, 0.717) is 16.6 Å². The Morgan fingerprint density at radius 3 is 2.55 bits per heavy atom. The molecule has 0 bridgehead atoms. The van der Waals surface area contributed by atoms with Gasteiger partial charge in [-0.3, -0.25) is 0 Å². The molecule has 1 N–H and O–H groups in total. The number of anilines is 1. The van der Waals surface area contributed by atoms with Gasteiger partial charge in [-0.05, 0) is 52.2 Å². The lowest BCUT2D eigenvalue weighted by Crippen LogP contribution is -2.02.